The lowest BCUT2D eigenvalue weighted by Gasteiger charge is -1.95. The van der Waals surface area contributed by atoms with Crippen LogP contribution in [0.4, 0.5) is 5.69 Å². The summed E-state index contributed by atoms with van der Waals surface area (Å²) < 4.78 is 0.862. The molecular formula is C14H14BrNO3. The number of aliphatic hydroxyl groups excluding tert-OH is 1. The molecule has 0 aliphatic rings. The fraction of sp³-hybridized carbons (Fsp3) is 0.143. The molecule has 2 aromatic rings. The Hall–Kier alpha value is -1.72. The lowest BCUT2D eigenvalue weighted by molar-refractivity contribution is -0.385. The van der Waals surface area contributed by atoms with Gasteiger partial charge in [-0.2, -0.15) is 0 Å². The number of aryl methyl sites for hydroxylation is 1. The van der Waals surface area contributed by atoms with Crippen molar-refractivity contribution >= 4 is 21.6 Å². The van der Waals surface area contributed by atoms with Crippen LogP contribution in [-0.2, 0) is 6.61 Å². The largest absolute Gasteiger partial charge is 0.392 e. The average Bonchev–Trinajstić information content (AvgIpc) is 2.40. The van der Waals surface area contributed by atoms with Gasteiger partial charge in [0.1, 0.15) is 0 Å². The molecule has 0 heterocycles. The first-order chi connectivity index (χ1) is 9.04. The first-order valence-electron chi connectivity index (χ1n) is 5.60. The molecule has 0 aliphatic carbocycles. The number of aliphatic hydroxyl groups is 1. The van der Waals surface area contributed by atoms with E-state index in [2.05, 4.69) is 15.9 Å². The smallest absolute Gasteiger partial charge is 0.272 e. The average molecular weight is 324 g/mol. The van der Waals surface area contributed by atoms with Crippen LogP contribution in [0.15, 0.2) is 53.0 Å². The van der Waals surface area contributed by atoms with Crippen LogP contribution < -0.4 is 0 Å². The van der Waals surface area contributed by atoms with E-state index in [0.717, 1.165) is 10.0 Å². The molecule has 100 valence electrons. The molecular weight excluding hydrogens is 310 g/mol. The van der Waals surface area contributed by atoms with E-state index in [0.29, 0.717) is 5.56 Å². The molecule has 5 heteroatoms. The third kappa shape index (κ3) is 5.19. The third-order valence-corrected chi connectivity index (χ3v) is 2.87. The molecule has 0 saturated heterocycles. The van der Waals surface area contributed by atoms with E-state index in [4.69, 9.17) is 5.11 Å². The summed E-state index contributed by atoms with van der Waals surface area (Å²) in [6.45, 7) is 1.85. The van der Waals surface area contributed by atoms with Crippen molar-refractivity contribution < 1.29 is 10.0 Å². The minimum Gasteiger partial charge on any atom is -0.392 e. The molecule has 0 radical (unpaired) electrons. The predicted octanol–water partition coefficient (Wildman–Crippen LogP) is 3.84. The predicted molar refractivity (Wildman–Crippen MR) is 77.9 cm³/mol. The fourth-order valence-electron chi connectivity index (χ4n) is 1.41. The molecule has 4 nitrogen and oxygen atoms in total. The van der Waals surface area contributed by atoms with Gasteiger partial charge in [0.2, 0.25) is 0 Å². The Bertz CT molecular complexity index is 544. The number of nitrogens with zero attached hydrogens (tertiary/aromatic N) is 1. The number of nitro benzene ring substituents is 1. The van der Waals surface area contributed by atoms with E-state index in [9.17, 15) is 10.1 Å². The number of halogens is 1. The van der Waals surface area contributed by atoms with Crippen molar-refractivity contribution in [3.05, 3.63) is 74.2 Å². The maximum atomic E-state index is 10.3. The zero-order chi connectivity index (χ0) is 14.3. The zero-order valence-electron chi connectivity index (χ0n) is 10.4. The second-order valence-corrected chi connectivity index (χ2v) is 4.75. The van der Waals surface area contributed by atoms with Gasteiger partial charge in [0, 0.05) is 16.1 Å². The highest BCUT2D eigenvalue weighted by Gasteiger charge is 2.08. The molecule has 0 fully saturated rings. The summed E-state index contributed by atoms with van der Waals surface area (Å²) in [4.78, 5) is 9.94. The van der Waals surface area contributed by atoms with Gasteiger partial charge >= 0.3 is 0 Å². The van der Waals surface area contributed by atoms with Crippen LogP contribution in [-0.4, -0.2) is 10.0 Å². The first-order valence-corrected chi connectivity index (χ1v) is 6.39. The van der Waals surface area contributed by atoms with Crippen LogP contribution >= 0.6 is 15.9 Å². The Morgan fingerprint density at radius 2 is 1.84 bits per heavy atom. The van der Waals surface area contributed by atoms with Crippen LogP contribution in [0.25, 0.3) is 0 Å². The molecule has 0 spiro atoms. The van der Waals surface area contributed by atoms with Crippen LogP contribution in [0.1, 0.15) is 11.1 Å². The molecule has 0 atom stereocenters. The molecule has 0 amide bonds. The van der Waals surface area contributed by atoms with Crippen molar-refractivity contribution in [2.45, 2.75) is 13.5 Å². The lowest BCUT2D eigenvalue weighted by Crippen LogP contribution is -1.90. The van der Waals surface area contributed by atoms with Gasteiger partial charge < -0.3 is 5.11 Å². The summed E-state index contributed by atoms with van der Waals surface area (Å²) in [5.74, 6) is 0. The van der Waals surface area contributed by atoms with Gasteiger partial charge in [-0.1, -0.05) is 46.3 Å². The molecule has 19 heavy (non-hydrogen) atoms. The number of hydrogen-bond acceptors (Lipinski definition) is 3. The third-order valence-electron chi connectivity index (χ3n) is 2.38. The van der Waals surface area contributed by atoms with E-state index in [1.807, 2.05) is 30.3 Å². The monoisotopic (exact) mass is 323 g/mol. The molecule has 0 aromatic heterocycles. The highest BCUT2D eigenvalue weighted by molar-refractivity contribution is 9.10. The first kappa shape index (κ1) is 15.3. The molecule has 2 rings (SSSR count). The number of hydrogen-bond donors (Lipinski definition) is 1. The van der Waals surface area contributed by atoms with Crippen molar-refractivity contribution in [3.8, 4) is 0 Å². The Balaban J connectivity index is 0.000000200. The molecule has 0 saturated carbocycles. The van der Waals surface area contributed by atoms with Crippen molar-refractivity contribution in [3.63, 3.8) is 0 Å². The van der Waals surface area contributed by atoms with E-state index in [1.165, 1.54) is 6.07 Å². The molecule has 0 aliphatic heterocycles. The number of nitro groups is 1. The van der Waals surface area contributed by atoms with Gasteiger partial charge in [-0.15, -0.1) is 0 Å². The Morgan fingerprint density at radius 3 is 2.26 bits per heavy atom. The maximum Gasteiger partial charge on any atom is 0.272 e. The van der Waals surface area contributed by atoms with Gasteiger partial charge in [-0.05, 0) is 24.6 Å². The van der Waals surface area contributed by atoms with Gasteiger partial charge in [-0.25, -0.2) is 0 Å². The normalized spacial score (nSPS) is 9.42. The number of rotatable bonds is 2. The minimum absolute atomic E-state index is 0.140. The van der Waals surface area contributed by atoms with Gasteiger partial charge in [-0.3, -0.25) is 10.1 Å². The molecule has 0 bridgehead atoms. The topological polar surface area (TPSA) is 63.4 Å². The van der Waals surface area contributed by atoms with E-state index < -0.39 is 0 Å². The SMILES string of the molecule is Cc1cc(Br)ccc1[N+](=O)[O-].OCc1ccccc1. The van der Waals surface area contributed by atoms with E-state index in [-0.39, 0.29) is 17.2 Å². The highest BCUT2D eigenvalue weighted by Crippen LogP contribution is 2.21. The highest BCUT2D eigenvalue weighted by atomic mass is 79.9. The zero-order valence-corrected chi connectivity index (χ0v) is 12.0. The summed E-state index contributed by atoms with van der Waals surface area (Å²) in [6, 6.07) is 14.4. The molecule has 1 N–H and O–H groups in total. The number of benzene rings is 2. The van der Waals surface area contributed by atoms with E-state index in [1.54, 1.807) is 19.1 Å². The Labute approximate surface area is 120 Å². The van der Waals surface area contributed by atoms with Gasteiger partial charge in [0.25, 0.3) is 5.69 Å². The molecule has 2 aromatic carbocycles. The van der Waals surface area contributed by atoms with E-state index >= 15 is 0 Å². The van der Waals surface area contributed by atoms with Crippen molar-refractivity contribution in [1.82, 2.24) is 0 Å². The summed E-state index contributed by atoms with van der Waals surface area (Å²) in [5, 5.41) is 18.9. The minimum atomic E-state index is -0.387. The summed E-state index contributed by atoms with van der Waals surface area (Å²) in [5.41, 5.74) is 1.80. The second-order valence-electron chi connectivity index (χ2n) is 3.83. The Kier molecular flexibility index (Phi) is 6.18. The Morgan fingerprint density at radius 1 is 1.21 bits per heavy atom. The molecule has 0 unspecified atom stereocenters. The van der Waals surface area contributed by atoms with Crippen molar-refractivity contribution in [1.29, 1.82) is 0 Å². The summed E-state index contributed by atoms with van der Waals surface area (Å²) in [7, 11) is 0. The van der Waals surface area contributed by atoms with Crippen molar-refractivity contribution in [2.75, 3.05) is 0 Å². The van der Waals surface area contributed by atoms with Crippen LogP contribution in [0.2, 0.25) is 0 Å². The fourth-order valence-corrected chi connectivity index (χ4v) is 1.88. The second kappa shape index (κ2) is 7.66. The van der Waals surface area contributed by atoms with Crippen LogP contribution in [0.3, 0.4) is 0 Å². The van der Waals surface area contributed by atoms with Crippen molar-refractivity contribution in [2.24, 2.45) is 0 Å². The van der Waals surface area contributed by atoms with Gasteiger partial charge in [0.15, 0.2) is 0 Å². The van der Waals surface area contributed by atoms with Crippen LogP contribution in [0.5, 0.6) is 0 Å². The summed E-state index contributed by atoms with van der Waals surface area (Å²) in [6.07, 6.45) is 0. The lowest BCUT2D eigenvalue weighted by atomic mass is 10.2. The quantitative estimate of drug-likeness (QED) is 0.674. The summed E-state index contributed by atoms with van der Waals surface area (Å²) >= 11 is 3.22. The maximum absolute atomic E-state index is 10.3. The van der Waals surface area contributed by atoms with Crippen LogP contribution in [0, 0.1) is 17.0 Å². The van der Waals surface area contributed by atoms with Gasteiger partial charge in [0.05, 0.1) is 11.5 Å². The standard InChI is InChI=1S/C7H6BrNO2.C7H8O/c1-5-4-6(8)2-3-7(5)9(10)11;8-6-7-4-2-1-3-5-7/h2-4H,1H3;1-5,8H,6H2.